The quantitative estimate of drug-likeness (QED) is 0.412. The molecular formula is C22H17Cl2N5O2. The number of aromatic nitrogens is 3. The van der Waals surface area contributed by atoms with Crippen LogP contribution in [0.3, 0.4) is 0 Å². The summed E-state index contributed by atoms with van der Waals surface area (Å²) < 4.78 is 0. The third-order valence-corrected chi connectivity index (χ3v) is 5.51. The molecule has 2 amide bonds. The molecule has 31 heavy (non-hydrogen) atoms. The van der Waals surface area contributed by atoms with Gasteiger partial charge >= 0.3 is 0 Å². The van der Waals surface area contributed by atoms with Crippen molar-refractivity contribution in [2.45, 2.75) is 12.5 Å². The first kappa shape index (κ1) is 20.8. The summed E-state index contributed by atoms with van der Waals surface area (Å²) in [5.41, 5.74) is 8.89. The minimum absolute atomic E-state index is 0.191. The van der Waals surface area contributed by atoms with Crippen molar-refractivity contribution < 1.29 is 9.59 Å². The van der Waals surface area contributed by atoms with Crippen molar-refractivity contribution in [2.24, 2.45) is 5.73 Å². The number of halogens is 2. The van der Waals surface area contributed by atoms with E-state index in [1.54, 1.807) is 48.8 Å². The van der Waals surface area contributed by atoms with Crippen LogP contribution in [-0.4, -0.2) is 32.8 Å². The first-order valence-electron chi connectivity index (χ1n) is 9.35. The van der Waals surface area contributed by atoms with Crippen molar-refractivity contribution in [2.75, 3.05) is 0 Å². The molecule has 156 valence electrons. The summed E-state index contributed by atoms with van der Waals surface area (Å²) in [5.74, 6) is -0.405. The Labute approximate surface area is 187 Å². The summed E-state index contributed by atoms with van der Waals surface area (Å²) in [5, 5.41) is 3.46. The van der Waals surface area contributed by atoms with E-state index in [1.165, 1.54) is 0 Å². The maximum atomic E-state index is 12.8. The molecule has 0 bridgehead atoms. The molecule has 4 N–H and O–H groups in total. The number of hydrogen-bond acceptors (Lipinski definition) is 4. The molecule has 0 saturated carbocycles. The van der Waals surface area contributed by atoms with E-state index in [2.05, 4.69) is 20.3 Å². The number of H-pyrrole nitrogens is 1. The molecule has 0 unspecified atom stereocenters. The van der Waals surface area contributed by atoms with Crippen LogP contribution in [0.1, 0.15) is 15.9 Å². The largest absolute Gasteiger partial charge is 0.368 e. The number of hydrogen-bond donors (Lipinski definition) is 3. The van der Waals surface area contributed by atoms with E-state index < -0.39 is 17.9 Å². The molecule has 1 atom stereocenters. The molecule has 0 radical (unpaired) electrons. The minimum Gasteiger partial charge on any atom is -0.368 e. The Morgan fingerprint density at radius 2 is 1.81 bits per heavy atom. The number of benzene rings is 2. The van der Waals surface area contributed by atoms with Gasteiger partial charge < -0.3 is 16.0 Å². The highest BCUT2D eigenvalue weighted by molar-refractivity contribution is 6.42. The molecule has 0 aliphatic heterocycles. The molecular weight excluding hydrogens is 437 g/mol. The highest BCUT2D eigenvalue weighted by Gasteiger charge is 2.20. The molecule has 0 saturated heterocycles. The lowest BCUT2D eigenvalue weighted by molar-refractivity contribution is -0.119. The average Bonchev–Trinajstić information content (AvgIpc) is 3.19. The lowest BCUT2D eigenvalue weighted by Crippen LogP contribution is -2.45. The van der Waals surface area contributed by atoms with E-state index in [0.29, 0.717) is 32.5 Å². The van der Waals surface area contributed by atoms with Gasteiger partial charge in [-0.05, 0) is 48.0 Å². The summed E-state index contributed by atoms with van der Waals surface area (Å²) in [6.07, 6.45) is 3.55. The molecule has 0 aliphatic rings. The fourth-order valence-corrected chi connectivity index (χ4v) is 3.48. The number of imidazole rings is 1. The monoisotopic (exact) mass is 453 g/mol. The molecule has 9 heteroatoms. The van der Waals surface area contributed by atoms with Crippen molar-refractivity contribution >= 4 is 46.0 Å². The lowest BCUT2D eigenvalue weighted by Gasteiger charge is -2.16. The third kappa shape index (κ3) is 4.68. The van der Waals surface area contributed by atoms with Crippen LogP contribution < -0.4 is 11.1 Å². The Bertz CT molecular complexity index is 1270. The fraction of sp³-hybridized carbons (Fsp3) is 0.0909. The Kier molecular flexibility index (Phi) is 5.88. The number of carbonyl (C=O) groups excluding carboxylic acids is 2. The van der Waals surface area contributed by atoms with Gasteiger partial charge in [0.15, 0.2) is 0 Å². The maximum absolute atomic E-state index is 12.8. The number of carbonyl (C=O) groups is 2. The average molecular weight is 454 g/mol. The summed E-state index contributed by atoms with van der Waals surface area (Å²) in [6, 6.07) is 12.8. The number of primary amides is 1. The van der Waals surface area contributed by atoms with Gasteiger partial charge in [-0.3, -0.25) is 14.6 Å². The van der Waals surface area contributed by atoms with Crippen molar-refractivity contribution in [3.63, 3.8) is 0 Å². The summed E-state index contributed by atoms with van der Waals surface area (Å²) in [4.78, 5) is 36.4. The molecule has 4 aromatic rings. The predicted octanol–water partition coefficient (Wildman–Crippen LogP) is 3.76. The van der Waals surface area contributed by atoms with Crippen LogP contribution in [0.2, 0.25) is 10.0 Å². The van der Waals surface area contributed by atoms with Crippen LogP contribution in [-0.2, 0) is 11.2 Å². The maximum Gasteiger partial charge on any atom is 0.252 e. The van der Waals surface area contributed by atoms with Crippen LogP contribution in [0.25, 0.3) is 22.4 Å². The Balaban J connectivity index is 1.54. The molecule has 2 aromatic heterocycles. The van der Waals surface area contributed by atoms with Crippen LogP contribution in [0.4, 0.5) is 0 Å². The van der Waals surface area contributed by atoms with Crippen molar-refractivity contribution in [3.8, 4) is 11.4 Å². The zero-order valence-electron chi connectivity index (χ0n) is 16.1. The van der Waals surface area contributed by atoms with E-state index in [9.17, 15) is 9.59 Å². The van der Waals surface area contributed by atoms with Crippen LogP contribution in [0, 0.1) is 0 Å². The van der Waals surface area contributed by atoms with Gasteiger partial charge in [0.2, 0.25) is 5.91 Å². The second kappa shape index (κ2) is 8.75. The van der Waals surface area contributed by atoms with Gasteiger partial charge in [0.1, 0.15) is 11.9 Å². The molecule has 4 rings (SSSR count). The van der Waals surface area contributed by atoms with E-state index in [1.807, 2.05) is 12.1 Å². The van der Waals surface area contributed by atoms with Crippen molar-refractivity contribution in [1.82, 2.24) is 20.3 Å². The van der Waals surface area contributed by atoms with Crippen molar-refractivity contribution in [3.05, 3.63) is 82.1 Å². The molecule has 2 aromatic carbocycles. The highest BCUT2D eigenvalue weighted by Crippen LogP contribution is 2.24. The van der Waals surface area contributed by atoms with E-state index in [4.69, 9.17) is 28.9 Å². The minimum atomic E-state index is -0.908. The normalized spacial score (nSPS) is 11.9. The van der Waals surface area contributed by atoms with Gasteiger partial charge in [-0.2, -0.15) is 0 Å². The molecule has 0 fully saturated rings. The zero-order chi connectivity index (χ0) is 22.0. The Morgan fingerprint density at radius 3 is 2.52 bits per heavy atom. The van der Waals surface area contributed by atoms with Crippen LogP contribution >= 0.6 is 23.2 Å². The first-order valence-corrected chi connectivity index (χ1v) is 10.1. The summed E-state index contributed by atoms with van der Waals surface area (Å²) in [6.45, 7) is 0. The number of aromatic amines is 1. The topological polar surface area (TPSA) is 114 Å². The van der Waals surface area contributed by atoms with Crippen LogP contribution in [0.15, 0.2) is 60.9 Å². The Hall–Kier alpha value is -3.42. The standard InChI is InChI=1S/C22H17Cl2N5O2/c23-15-3-1-12(9-16(15)24)10-19(20(25)30)29-22(31)14-2-4-17-18(11-14)28-21(27-17)13-5-7-26-8-6-13/h1-9,11,19H,10H2,(H2,25,30)(H,27,28)(H,29,31)/t19-/m1/s1. The van der Waals surface area contributed by atoms with Gasteiger partial charge in [-0.1, -0.05) is 29.3 Å². The zero-order valence-corrected chi connectivity index (χ0v) is 17.6. The van der Waals surface area contributed by atoms with Gasteiger partial charge in [-0.25, -0.2) is 4.98 Å². The van der Waals surface area contributed by atoms with E-state index >= 15 is 0 Å². The first-order chi connectivity index (χ1) is 14.9. The smallest absolute Gasteiger partial charge is 0.252 e. The number of pyridine rings is 1. The molecule has 0 aliphatic carbocycles. The summed E-state index contributed by atoms with van der Waals surface area (Å²) in [7, 11) is 0. The number of amides is 2. The number of fused-ring (bicyclic) bond motifs is 1. The van der Waals surface area contributed by atoms with Gasteiger partial charge in [-0.15, -0.1) is 0 Å². The number of nitrogens with zero attached hydrogens (tertiary/aromatic N) is 2. The fourth-order valence-electron chi connectivity index (χ4n) is 3.16. The second-order valence-electron chi connectivity index (χ2n) is 6.93. The second-order valence-corrected chi connectivity index (χ2v) is 7.75. The number of nitrogens with two attached hydrogens (primary N) is 1. The highest BCUT2D eigenvalue weighted by atomic mass is 35.5. The molecule has 2 heterocycles. The predicted molar refractivity (Wildman–Crippen MR) is 120 cm³/mol. The number of rotatable bonds is 6. The number of nitrogens with one attached hydrogen (secondary N) is 2. The van der Waals surface area contributed by atoms with E-state index in [0.717, 1.165) is 11.1 Å². The van der Waals surface area contributed by atoms with E-state index in [-0.39, 0.29) is 6.42 Å². The van der Waals surface area contributed by atoms with Crippen LogP contribution in [0.5, 0.6) is 0 Å². The third-order valence-electron chi connectivity index (χ3n) is 4.77. The Morgan fingerprint density at radius 1 is 1.03 bits per heavy atom. The summed E-state index contributed by atoms with van der Waals surface area (Å²) >= 11 is 12.0. The molecule has 0 spiro atoms. The molecule has 7 nitrogen and oxygen atoms in total. The van der Waals surface area contributed by atoms with Gasteiger partial charge in [0.25, 0.3) is 5.91 Å². The lowest BCUT2D eigenvalue weighted by atomic mass is 10.0. The SMILES string of the molecule is NC(=O)[C@@H](Cc1ccc(Cl)c(Cl)c1)NC(=O)c1ccc2nc(-c3ccncc3)[nH]c2c1. The van der Waals surface area contributed by atoms with Gasteiger partial charge in [0, 0.05) is 29.9 Å². The van der Waals surface area contributed by atoms with Crippen molar-refractivity contribution in [1.29, 1.82) is 0 Å². The van der Waals surface area contributed by atoms with Gasteiger partial charge in [0.05, 0.1) is 21.1 Å².